The van der Waals surface area contributed by atoms with Gasteiger partial charge in [-0.3, -0.25) is 4.57 Å². The van der Waals surface area contributed by atoms with Crippen molar-refractivity contribution in [2.75, 3.05) is 5.32 Å². The van der Waals surface area contributed by atoms with Crippen molar-refractivity contribution in [3.63, 3.8) is 0 Å². The molecule has 4 rings (SSSR count). The zero-order chi connectivity index (χ0) is 18.3. The van der Waals surface area contributed by atoms with Crippen LogP contribution in [0.5, 0.6) is 0 Å². The van der Waals surface area contributed by atoms with Gasteiger partial charge in [0.15, 0.2) is 0 Å². The van der Waals surface area contributed by atoms with Crippen molar-refractivity contribution in [2.24, 2.45) is 0 Å². The fraction of sp³-hybridized carbons (Fsp3) is 0.211. The second-order valence-electron chi connectivity index (χ2n) is 6.16. The monoisotopic (exact) mass is 367 g/mol. The molecular formula is C19H18FN5S. The van der Waals surface area contributed by atoms with Crippen LogP contribution in [0.1, 0.15) is 21.8 Å². The van der Waals surface area contributed by atoms with E-state index in [9.17, 15) is 4.39 Å². The predicted molar refractivity (Wildman–Crippen MR) is 102 cm³/mol. The number of halogens is 1. The van der Waals surface area contributed by atoms with Gasteiger partial charge >= 0.3 is 0 Å². The van der Waals surface area contributed by atoms with Crippen molar-refractivity contribution in [1.82, 2.24) is 19.5 Å². The molecule has 0 fully saturated rings. The molecule has 0 aliphatic carbocycles. The van der Waals surface area contributed by atoms with Gasteiger partial charge in [0.2, 0.25) is 5.95 Å². The predicted octanol–water partition coefficient (Wildman–Crippen LogP) is 4.55. The number of fused-ring (bicyclic) bond motifs is 1. The summed E-state index contributed by atoms with van der Waals surface area (Å²) >= 11 is 1.66. The van der Waals surface area contributed by atoms with Crippen LogP contribution in [-0.4, -0.2) is 19.5 Å². The lowest BCUT2D eigenvalue weighted by atomic mass is 10.2. The van der Waals surface area contributed by atoms with Crippen LogP contribution in [0.3, 0.4) is 0 Å². The van der Waals surface area contributed by atoms with Crippen LogP contribution in [0.4, 0.5) is 10.2 Å². The average Bonchev–Trinajstić information content (AvgIpc) is 3.17. The molecule has 0 unspecified atom stereocenters. The second-order valence-corrected chi connectivity index (χ2v) is 7.36. The molecule has 0 radical (unpaired) electrons. The van der Waals surface area contributed by atoms with Crippen molar-refractivity contribution in [1.29, 1.82) is 0 Å². The molecule has 0 aliphatic heterocycles. The minimum absolute atomic E-state index is 0.236. The zero-order valence-corrected chi connectivity index (χ0v) is 15.6. The van der Waals surface area contributed by atoms with Crippen LogP contribution in [0.2, 0.25) is 0 Å². The Morgan fingerprint density at radius 3 is 2.58 bits per heavy atom. The minimum atomic E-state index is -0.236. The van der Waals surface area contributed by atoms with Gasteiger partial charge < -0.3 is 5.32 Å². The summed E-state index contributed by atoms with van der Waals surface area (Å²) < 4.78 is 15.0. The quantitative estimate of drug-likeness (QED) is 0.575. The smallest absolute Gasteiger partial charge is 0.238 e. The number of nitrogens with zero attached hydrogens (tertiary/aromatic N) is 4. The molecule has 0 spiro atoms. The third-order valence-electron chi connectivity index (χ3n) is 4.43. The molecule has 0 atom stereocenters. The maximum atomic E-state index is 13.1. The maximum absolute atomic E-state index is 13.1. The van der Waals surface area contributed by atoms with Gasteiger partial charge in [-0.2, -0.15) is 4.98 Å². The Morgan fingerprint density at radius 2 is 1.88 bits per heavy atom. The Labute approximate surface area is 154 Å². The molecule has 7 heteroatoms. The van der Waals surface area contributed by atoms with E-state index in [-0.39, 0.29) is 5.82 Å². The number of benzene rings is 1. The van der Waals surface area contributed by atoms with Crippen LogP contribution in [0.25, 0.3) is 16.2 Å². The first-order valence-corrected chi connectivity index (χ1v) is 9.11. The number of anilines is 1. The highest BCUT2D eigenvalue weighted by Gasteiger charge is 2.16. The van der Waals surface area contributed by atoms with E-state index in [1.807, 2.05) is 17.7 Å². The van der Waals surface area contributed by atoms with Gasteiger partial charge in [-0.15, -0.1) is 11.3 Å². The van der Waals surface area contributed by atoms with Crippen LogP contribution < -0.4 is 5.32 Å². The number of hydrogen-bond acceptors (Lipinski definition) is 5. The highest BCUT2D eigenvalue weighted by molar-refractivity contribution is 7.18. The molecule has 0 saturated heterocycles. The molecule has 1 N–H and O–H groups in total. The van der Waals surface area contributed by atoms with E-state index >= 15 is 0 Å². The Bertz CT molecular complexity index is 1080. The van der Waals surface area contributed by atoms with Crippen LogP contribution >= 0.6 is 11.3 Å². The fourth-order valence-corrected chi connectivity index (χ4v) is 3.88. The lowest BCUT2D eigenvalue weighted by Crippen LogP contribution is -2.07. The van der Waals surface area contributed by atoms with E-state index in [1.54, 1.807) is 29.7 Å². The molecule has 1 aromatic carbocycles. The third kappa shape index (κ3) is 2.94. The van der Waals surface area contributed by atoms with Crippen molar-refractivity contribution in [3.05, 3.63) is 64.3 Å². The molecule has 4 aromatic rings. The van der Waals surface area contributed by atoms with E-state index in [0.29, 0.717) is 12.5 Å². The summed E-state index contributed by atoms with van der Waals surface area (Å²) in [5, 5.41) is 4.44. The lowest BCUT2D eigenvalue weighted by molar-refractivity contribution is 0.627. The Kier molecular flexibility index (Phi) is 4.16. The first-order valence-electron chi connectivity index (χ1n) is 8.29. The largest absolute Gasteiger partial charge is 0.365 e. The summed E-state index contributed by atoms with van der Waals surface area (Å²) in [7, 11) is 0. The van der Waals surface area contributed by atoms with Gasteiger partial charge in [0.05, 0.1) is 5.39 Å². The Balaban J connectivity index is 1.78. The SMILES string of the molecule is Cc1sc2nc(-n3ccnc3C)nc(NCc3ccc(F)cc3)c2c1C. The summed E-state index contributed by atoms with van der Waals surface area (Å²) in [5.41, 5.74) is 2.17. The molecule has 0 amide bonds. The van der Waals surface area contributed by atoms with Gasteiger partial charge in [-0.05, 0) is 44.0 Å². The number of aryl methyl sites for hydroxylation is 3. The number of rotatable bonds is 4. The summed E-state index contributed by atoms with van der Waals surface area (Å²) in [4.78, 5) is 15.9. The van der Waals surface area contributed by atoms with Gasteiger partial charge in [0.1, 0.15) is 22.3 Å². The number of aromatic nitrogens is 4. The van der Waals surface area contributed by atoms with Crippen LogP contribution in [0, 0.1) is 26.6 Å². The van der Waals surface area contributed by atoms with Gasteiger partial charge in [-0.25, -0.2) is 14.4 Å². The van der Waals surface area contributed by atoms with Gasteiger partial charge in [0, 0.05) is 23.8 Å². The summed E-state index contributed by atoms with van der Waals surface area (Å²) in [6.45, 7) is 6.66. The normalized spacial score (nSPS) is 11.2. The van der Waals surface area contributed by atoms with E-state index in [0.717, 1.165) is 27.4 Å². The molecule has 0 saturated carbocycles. The standard InChI is InChI=1S/C19H18FN5S/c1-11-12(2)26-18-16(11)17(22-10-14-4-6-15(20)7-5-14)23-19(24-18)25-9-8-21-13(25)3/h4-9H,10H2,1-3H3,(H,22,23,24). The average molecular weight is 367 g/mol. The second kappa shape index (κ2) is 6.49. The van der Waals surface area contributed by atoms with Crippen molar-refractivity contribution in [2.45, 2.75) is 27.3 Å². The molecule has 26 heavy (non-hydrogen) atoms. The molecule has 3 heterocycles. The van der Waals surface area contributed by atoms with E-state index < -0.39 is 0 Å². The lowest BCUT2D eigenvalue weighted by Gasteiger charge is -2.11. The van der Waals surface area contributed by atoms with Crippen molar-refractivity contribution >= 4 is 27.4 Å². The van der Waals surface area contributed by atoms with Crippen LogP contribution in [-0.2, 0) is 6.54 Å². The van der Waals surface area contributed by atoms with Gasteiger partial charge in [0.25, 0.3) is 0 Å². The summed E-state index contributed by atoms with van der Waals surface area (Å²) in [6.07, 6.45) is 3.59. The molecule has 132 valence electrons. The van der Waals surface area contributed by atoms with Gasteiger partial charge in [-0.1, -0.05) is 12.1 Å². The maximum Gasteiger partial charge on any atom is 0.238 e. The Hall–Kier alpha value is -2.80. The number of imidazole rings is 1. The van der Waals surface area contributed by atoms with E-state index in [1.165, 1.54) is 22.6 Å². The first kappa shape index (κ1) is 16.7. The molecular weight excluding hydrogens is 349 g/mol. The zero-order valence-electron chi connectivity index (χ0n) is 14.7. The molecule has 0 bridgehead atoms. The minimum Gasteiger partial charge on any atom is -0.365 e. The topological polar surface area (TPSA) is 55.6 Å². The molecule has 0 aliphatic rings. The van der Waals surface area contributed by atoms with E-state index in [4.69, 9.17) is 9.97 Å². The van der Waals surface area contributed by atoms with Crippen molar-refractivity contribution < 1.29 is 4.39 Å². The van der Waals surface area contributed by atoms with Crippen LogP contribution in [0.15, 0.2) is 36.7 Å². The number of hydrogen-bond donors (Lipinski definition) is 1. The summed E-state index contributed by atoms with van der Waals surface area (Å²) in [5.74, 6) is 1.97. The molecule has 3 aromatic heterocycles. The molecule has 5 nitrogen and oxygen atoms in total. The van der Waals surface area contributed by atoms with E-state index in [2.05, 4.69) is 24.1 Å². The fourth-order valence-electron chi connectivity index (χ4n) is 2.85. The number of nitrogens with one attached hydrogen (secondary N) is 1. The highest BCUT2D eigenvalue weighted by Crippen LogP contribution is 2.34. The first-order chi connectivity index (χ1) is 12.5. The number of thiophene rings is 1. The third-order valence-corrected chi connectivity index (χ3v) is 5.53. The summed E-state index contributed by atoms with van der Waals surface area (Å²) in [6, 6.07) is 6.47. The highest BCUT2D eigenvalue weighted by atomic mass is 32.1. The van der Waals surface area contributed by atoms with Crippen molar-refractivity contribution in [3.8, 4) is 5.95 Å². The Morgan fingerprint density at radius 1 is 1.12 bits per heavy atom.